The zero-order valence-corrected chi connectivity index (χ0v) is 14.8. The number of fused-ring (bicyclic) bond motifs is 1. The molecule has 1 fully saturated rings. The van der Waals surface area contributed by atoms with E-state index >= 15 is 0 Å². The summed E-state index contributed by atoms with van der Waals surface area (Å²) >= 11 is 0. The standard InChI is InChI=1S/C19H19FN4O3.CH4/c1-12(25)22-8-16-11-24(19(26)27-16)15-2-3-18(17(20)6-15)23-9-13-4-5-21-7-14(13)10-23;/h2-7,16H,8-11H2,1H3,(H,22,25);1H4/t16-;/m0./s1. The molecule has 0 radical (unpaired) electrons. The fraction of sp³-hybridized carbons (Fsp3) is 0.350. The maximum absolute atomic E-state index is 14.8. The van der Waals surface area contributed by atoms with Crippen LogP contribution in [0, 0.1) is 5.82 Å². The maximum Gasteiger partial charge on any atom is 0.414 e. The largest absolute Gasteiger partial charge is 0.442 e. The van der Waals surface area contributed by atoms with Crippen LogP contribution in [0.5, 0.6) is 0 Å². The highest BCUT2D eigenvalue weighted by Crippen LogP contribution is 2.32. The van der Waals surface area contributed by atoms with Gasteiger partial charge in [-0.15, -0.1) is 0 Å². The molecule has 2 aliphatic heterocycles. The third-order valence-electron chi connectivity index (χ3n) is 4.76. The molecular formula is C20H23FN4O3. The first-order valence-corrected chi connectivity index (χ1v) is 8.70. The minimum absolute atomic E-state index is 0. The molecule has 3 heterocycles. The van der Waals surface area contributed by atoms with Gasteiger partial charge in [0.1, 0.15) is 11.9 Å². The first-order valence-electron chi connectivity index (χ1n) is 8.70. The van der Waals surface area contributed by atoms with Gasteiger partial charge in [0.2, 0.25) is 5.91 Å². The summed E-state index contributed by atoms with van der Waals surface area (Å²) in [4.78, 5) is 30.5. The molecule has 0 saturated carbocycles. The second kappa shape index (κ2) is 7.84. The molecule has 148 valence electrons. The molecule has 2 aromatic rings. The Bertz CT molecular complexity index is 880. The minimum atomic E-state index is -0.544. The van der Waals surface area contributed by atoms with Gasteiger partial charge < -0.3 is 15.0 Å². The van der Waals surface area contributed by atoms with Gasteiger partial charge in [-0.2, -0.15) is 0 Å². The third-order valence-corrected chi connectivity index (χ3v) is 4.76. The molecule has 0 bridgehead atoms. The van der Waals surface area contributed by atoms with Crippen molar-refractivity contribution in [2.75, 3.05) is 22.9 Å². The molecule has 1 saturated heterocycles. The van der Waals surface area contributed by atoms with Crippen LogP contribution in [0.4, 0.5) is 20.6 Å². The highest BCUT2D eigenvalue weighted by molar-refractivity contribution is 5.90. The molecule has 2 amide bonds. The van der Waals surface area contributed by atoms with E-state index in [4.69, 9.17) is 4.74 Å². The van der Waals surface area contributed by atoms with Gasteiger partial charge >= 0.3 is 6.09 Å². The molecule has 4 rings (SSSR count). The Kier molecular flexibility index (Phi) is 5.48. The number of rotatable bonds is 4. The Morgan fingerprint density at radius 3 is 2.82 bits per heavy atom. The number of ether oxygens (including phenoxy) is 1. The minimum Gasteiger partial charge on any atom is -0.442 e. The molecule has 0 unspecified atom stereocenters. The smallest absolute Gasteiger partial charge is 0.414 e. The molecule has 8 heteroatoms. The van der Waals surface area contributed by atoms with E-state index in [0.717, 1.165) is 11.1 Å². The Morgan fingerprint density at radius 2 is 2.11 bits per heavy atom. The fourth-order valence-corrected chi connectivity index (χ4v) is 3.41. The Morgan fingerprint density at radius 1 is 1.32 bits per heavy atom. The van der Waals surface area contributed by atoms with Crippen LogP contribution in [0.2, 0.25) is 0 Å². The van der Waals surface area contributed by atoms with Gasteiger partial charge in [-0.05, 0) is 35.4 Å². The lowest BCUT2D eigenvalue weighted by molar-refractivity contribution is -0.119. The second-order valence-electron chi connectivity index (χ2n) is 6.69. The normalized spacial score (nSPS) is 17.8. The van der Waals surface area contributed by atoms with Crippen molar-refractivity contribution in [1.29, 1.82) is 0 Å². The molecule has 1 aromatic carbocycles. The first kappa shape index (κ1) is 19.6. The highest BCUT2D eigenvalue weighted by Gasteiger charge is 2.33. The SMILES string of the molecule is C.CC(=O)NC[C@H]1CN(c2ccc(N3Cc4ccncc4C3)c(F)c2)C(=O)O1. The van der Waals surface area contributed by atoms with Gasteiger partial charge in [0.05, 0.1) is 24.5 Å². The number of anilines is 2. The van der Waals surface area contributed by atoms with E-state index in [-0.39, 0.29) is 26.4 Å². The van der Waals surface area contributed by atoms with E-state index in [9.17, 15) is 14.0 Å². The number of amides is 2. The number of hydrogen-bond acceptors (Lipinski definition) is 5. The van der Waals surface area contributed by atoms with Crippen LogP contribution in [-0.2, 0) is 22.6 Å². The highest BCUT2D eigenvalue weighted by atomic mass is 19.1. The number of halogens is 1. The molecule has 7 nitrogen and oxygen atoms in total. The van der Waals surface area contributed by atoms with Crippen LogP contribution in [0.3, 0.4) is 0 Å². The summed E-state index contributed by atoms with van der Waals surface area (Å²) in [6.07, 6.45) is 2.54. The van der Waals surface area contributed by atoms with E-state index < -0.39 is 18.0 Å². The number of pyridine rings is 1. The van der Waals surface area contributed by atoms with E-state index in [2.05, 4.69) is 10.3 Å². The lowest BCUT2D eigenvalue weighted by Crippen LogP contribution is -2.33. The monoisotopic (exact) mass is 386 g/mol. The average molecular weight is 386 g/mol. The summed E-state index contributed by atoms with van der Waals surface area (Å²) in [7, 11) is 0. The molecule has 1 N–H and O–H groups in total. The van der Waals surface area contributed by atoms with E-state index in [0.29, 0.717) is 24.5 Å². The van der Waals surface area contributed by atoms with Crippen LogP contribution in [0.25, 0.3) is 0 Å². The molecule has 1 aromatic heterocycles. The van der Waals surface area contributed by atoms with Crippen LogP contribution < -0.4 is 15.1 Å². The van der Waals surface area contributed by atoms with Crippen molar-refractivity contribution >= 4 is 23.4 Å². The third kappa shape index (κ3) is 3.76. The summed E-state index contributed by atoms with van der Waals surface area (Å²) in [6, 6.07) is 6.68. The van der Waals surface area contributed by atoms with Crippen LogP contribution in [0.15, 0.2) is 36.7 Å². The zero-order valence-electron chi connectivity index (χ0n) is 14.8. The maximum atomic E-state index is 14.8. The summed E-state index contributed by atoms with van der Waals surface area (Å²) in [5.41, 5.74) is 3.14. The average Bonchev–Trinajstić information content (AvgIpc) is 3.23. The first-order chi connectivity index (χ1) is 13.0. The number of benzene rings is 1. The summed E-state index contributed by atoms with van der Waals surface area (Å²) in [6.45, 7) is 3.12. The van der Waals surface area contributed by atoms with Crippen molar-refractivity contribution in [3.05, 3.63) is 53.6 Å². The fourth-order valence-electron chi connectivity index (χ4n) is 3.41. The lowest BCUT2D eigenvalue weighted by atomic mass is 10.2. The molecule has 0 spiro atoms. The number of aromatic nitrogens is 1. The topological polar surface area (TPSA) is 74.8 Å². The zero-order chi connectivity index (χ0) is 19.0. The van der Waals surface area contributed by atoms with Crippen LogP contribution >= 0.6 is 0 Å². The molecule has 0 aliphatic carbocycles. The lowest BCUT2D eigenvalue weighted by Gasteiger charge is -2.20. The summed E-state index contributed by atoms with van der Waals surface area (Å²) in [5, 5.41) is 2.62. The molecule has 28 heavy (non-hydrogen) atoms. The van der Waals surface area contributed by atoms with Crippen molar-refractivity contribution in [3.8, 4) is 0 Å². The Hall–Kier alpha value is -3.16. The number of carbonyl (C=O) groups is 2. The summed E-state index contributed by atoms with van der Waals surface area (Å²) < 4.78 is 20.0. The van der Waals surface area contributed by atoms with E-state index in [1.54, 1.807) is 24.5 Å². The number of nitrogens with one attached hydrogen (secondary N) is 1. The van der Waals surface area contributed by atoms with Gasteiger partial charge in [0.15, 0.2) is 0 Å². The number of nitrogens with zero attached hydrogens (tertiary/aromatic N) is 3. The Labute approximate surface area is 163 Å². The van der Waals surface area contributed by atoms with Crippen LogP contribution in [-0.4, -0.2) is 36.2 Å². The van der Waals surface area contributed by atoms with Gasteiger partial charge in [-0.25, -0.2) is 9.18 Å². The number of carbonyl (C=O) groups excluding carboxylic acids is 2. The Balaban J connectivity index is 0.00000225. The van der Waals surface area contributed by atoms with Crippen LogP contribution in [0.1, 0.15) is 25.5 Å². The molecular weight excluding hydrogens is 363 g/mol. The van der Waals surface area contributed by atoms with Crippen molar-refractivity contribution in [2.45, 2.75) is 33.5 Å². The van der Waals surface area contributed by atoms with E-state index in [1.807, 2.05) is 11.0 Å². The predicted octanol–water partition coefficient (Wildman–Crippen LogP) is 2.84. The van der Waals surface area contributed by atoms with Crippen molar-refractivity contribution in [1.82, 2.24) is 10.3 Å². The molecule has 1 atom stereocenters. The van der Waals surface area contributed by atoms with Crippen molar-refractivity contribution in [3.63, 3.8) is 0 Å². The van der Waals surface area contributed by atoms with Gasteiger partial charge in [0, 0.05) is 32.4 Å². The summed E-state index contributed by atoms with van der Waals surface area (Å²) in [5.74, 6) is -0.590. The van der Waals surface area contributed by atoms with Gasteiger partial charge in [-0.3, -0.25) is 14.7 Å². The van der Waals surface area contributed by atoms with Gasteiger partial charge in [-0.1, -0.05) is 7.43 Å². The number of hydrogen-bond donors (Lipinski definition) is 1. The number of cyclic esters (lactones) is 1. The molecule has 2 aliphatic rings. The quantitative estimate of drug-likeness (QED) is 0.875. The second-order valence-corrected chi connectivity index (χ2v) is 6.69. The van der Waals surface area contributed by atoms with E-state index in [1.165, 1.54) is 17.9 Å². The van der Waals surface area contributed by atoms with Crippen molar-refractivity contribution in [2.24, 2.45) is 0 Å². The van der Waals surface area contributed by atoms with Crippen molar-refractivity contribution < 1.29 is 18.7 Å². The van der Waals surface area contributed by atoms with Gasteiger partial charge in [0.25, 0.3) is 0 Å². The predicted molar refractivity (Wildman–Crippen MR) is 104 cm³/mol.